The van der Waals surface area contributed by atoms with E-state index in [0.29, 0.717) is 5.69 Å². The summed E-state index contributed by atoms with van der Waals surface area (Å²) in [5.41, 5.74) is 1.70. The molecule has 8 heteroatoms. The Morgan fingerprint density at radius 1 is 0.963 bits per heavy atom. The van der Waals surface area contributed by atoms with Gasteiger partial charge in [-0.05, 0) is 29.8 Å². The molecule has 2 N–H and O–H groups in total. The van der Waals surface area contributed by atoms with Crippen LogP contribution in [0.2, 0.25) is 0 Å². The van der Waals surface area contributed by atoms with Crippen LogP contribution in [-0.2, 0) is 12.7 Å². The number of nitrogens with one attached hydrogen (secondary N) is 2. The molecule has 0 aliphatic heterocycles. The fourth-order valence-corrected chi connectivity index (χ4v) is 2.89. The van der Waals surface area contributed by atoms with E-state index >= 15 is 0 Å². The second-order valence-corrected chi connectivity index (χ2v) is 5.88. The van der Waals surface area contributed by atoms with Crippen LogP contribution < -0.4 is 5.32 Å². The largest absolute Gasteiger partial charge is 0.416 e. The summed E-state index contributed by atoms with van der Waals surface area (Å²) in [6, 6.07) is 10.9. The molecule has 5 nitrogen and oxygen atoms in total. The molecule has 0 saturated heterocycles. The Balaban J connectivity index is 1.60. The number of H-pyrrole nitrogens is 1. The van der Waals surface area contributed by atoms with Gasteiger partial charge in [-0.1, -0.05) is 18.2 Å². The number of fused-ring (bicyclic) bond motifs is 1. The van der Waals surface area contributed by atoms with E-state index in [0.717, 1.165) is 22.7 Å². The fourth-order valence-electron chi connectivity index (χ4n) is 2.89. The molecule has 0 aliphatic carbocycles. The molecule has 0 unspecified atom stereocenters. The molecule has 4 aromatic rings. The quantitative estimate of drug-likeness (QED) is 0.549. The Bertz CT molecular complexity index is 1090. The lowest BCUT2D eigenvalue weighted by Crippen LogP contribution is -2.12. The minimum absolute atomic E-state index is 0.0332. The standard InChI is InChI=1S/C19H14F3N5/c20-19(21,22)15-6-2-1-4-12(15)10-26-18-24-9-7-16(27-18)14-11-25-17-13(14)5-3-8-23-17/h1-9,11H,10H2,(H,23,25)(H,24,26,27). The monoisotopic (exact) mass is 369 g/mol. The van der Waals surface area contributed by atoms with Crippen molar-refractivity contribution in [3.63, 3.8) is 0 Å². The van der Waals surface area contributed by atoms with Crippen molar-refractivity contribution in [2.45, 2.75) is 12.7 Å². The SMILES string of the molecule is FC(F)(F)c1ccccc1CNc1nccc(-c2c[nH]c3ncccc23)n1. The number of anilines is 1. The van der Waals surface area contributed by atoms with Crippen molar-refractivity contribution in [3.8, 4) is 11.3 Å². The Kier molecular flexibility index (Phi) is 4.23. The zero-order valence-electron chi connectivity index (χ0n) is 14.0. The smallest absolute Gasteiger partial charge is 0.350 e. The van der Waals surface area contributed by atoms with Crippen LogP contribution in [0.1, 0.15) is 11.1 Å². The molecule has 0 spiro atoms. The molecule has 3 heterocycles. The number of rotatable bonds is 4. The molecule has 27 heavy (non-hydrogen) atoms. The number of nitrogens with zero attached hydrogens (tertiary/aromatic N) is 3. The molecule has 0 amide bonds. The number of hydrogen-bond donors (Lipinski definition) is 2. The van der Waals surface area contributed by atoms with Crippen molar-refractivity contribution in [2.75, 3.05) is 5.32 Å². The van der Waals surface area contributed by atoms with E-state index in [4.69, 9.17) is 0 Å². The van der Waals surface area contributed by atoms with Crippen molar-refractivity contribution in [1.29, 1.82) is 0 Å². The van der Waals surface area contributed by atoms with Gasteiger partial charge < -0.3 is 10.3 Å². The molecule has 0 fully saturated rings. The van der Waals surface area contributed by atoms with Crippen molar-refractivity contribution in [3.05, 3.63) is 72.2 Å². The molecule has 0 bridgehead atoms. The van der Waals surface area contributed by atoms with Gasteiger partial charge >= 0.3 is 6.18 Å². The first-order chi connectivity index (χ1) is 13.0. The van der Waals surface area contributed by atoms with Crippen molar-refractivity contribution in [1.82, 2.24) is 19.9 Å². The predicted octanol–water partition coefficient (Wildman–Crippen LogP) is 4.65. The summed E-state index contributed by atoms with van der Waals surface area (Å²) in [7, 11) is 0. The molecule has 0 radical (unpaired) electrons. The van der Waals surface area contributed by atoms with Crippen LogP contribution in [0.15, 0.2) is 61.1 Å². The number of aromatic amines is 1. The minimum atomic E-state index is -4.40. The maximum Gasteiger partial charge on any atom is 0.416 e. The normalized spacial score (nSPS) is 11.7. The van der Waals surface area contributed by atoms with Gasteiger partial charge in [0.1, 0.15) is 5.65 Å². The van der Waals surface area contributed by atoms with E-state index in [2.05, 4.69) is 25.3 Å². The summed E-state index contributed by atoms with van der Waals surface area (Å²) in [6.45, 7) is -0.0332. The molecule has 1 aromatic carbocycles. The summed E-state index contributed by atoms with van der Waals surface area (Å²) in [5, 5.41) is 3.78. The van der Waals surface area contributed by atoms with E-state index in [1.54, 1.807) is 30.7 Å². The average molecular weight is 369 g/mol. The average Bonchev–Trinajstić information content (AvgIpc) is 3.10. The highest BCUT2D eigenvalue weighted by molar-refractivity contribution is 5.92. The van der Waals surface area contributed by atoms with Crippen molar-refractivity contribution >= 4 is 17.0 Å². The first-order valence-electron chi connectivity index (χ1n) is 8.17. The van der Waals surface area contributed by atoms with Crippen molar-refractivity contribution in [2.24, 2.45) is 0 Å². The third kappa shape index (κ3) is 3.46. The Morgan fingerprint density at radius 3 is 2.67 bits per heavy atom. The predicted molar refractivity (Wildman–Crippen MR) is 95.9 cm³/mol. The number of benzene rings is 1. The minimum Gasteiger partial charge on any atom is -0.350 e. The van der Waals surface area contributed by atoms with E-state index in [1.165, 1.54) is 12.1 Å². The lowest BCUT2D eigenvalue weighted by molar-refractivity contribution is -0.138. The lowest BCUT2D eigenvalue weighted by Gasteiger charge is -2.13. The van der Waals surface area contributed by atoms with E-state index in [-0.39, 0.29) is 18.1 Å². The first-order valence-corrected chi connectivity index (χ1v) is 8.17. The summed E-state index contributed by atoms with van der Waals surface area (Å²) in [4.78, 5) is 15.8. The van der Waals surface area contributed by atoms with Gasteiger partial charge in [0, 0.05) is 36.1 Å². The zero-order valence-corrected chi connectivity index (χ0v) is 14.0. The second-order valence-electron chi connectivity index (χ2n) is 5.88. The molecule has 136 valence electrons. The van der Waals surface area contributed by atoms with Gasteiger partial charge in [-0.3, -0.25) is 0 Å². The highest BCUT2D eigenvalue weighted by Gasteiger charge is 2.32. The molecule has 4 rings (SSSR count). The van der Waals surface area contributed by atoms with Crippen LogP contribution in [-0.4, -0.2) is 19.9 Å². The third-order valence-electron chi connectivity index (χ3n) is 4.14. The fraction of sp³-hybridized carbons (Fsp3) is 0.105. The summed E-state index contributed by atoms with van der Waals surface area (Å²) >= 11 is 0. The van der Waals surface area contributed by atoms with E-state index in [1.807, 2.05) is 12.1 Å². The van der Waals surface area contributed by atoms with Gasteiger partial charge in [0.25, 0.3) is 0 Å². The van der Waals surface area contributed by atoms with Crippen LogP contribution >= 0.6 is 0 Å². The number of pyridine rings is 1. The Labute approximate surface area is 152 Å². The third-order valence-corrected chi connectivity index (χ3v) is 4.14. The number of alkyl halides is 3. The highest BCUT2D eigenvalue weighted by Crippen LogP contribution is 2.32. The van der Waals surface area contributed by atoms with E-state index < -0.39 is 11.7 Å². The topological polar surface area (TPSA) is 66.5 Å². The second kappa shape index (κ2) is 6.71. The number of hydrogen-bond acceptors (Lipinski definition) is 4. The maximum atomic E-state index is 13.1. The first kappa shape index (κ1) is 17.0. The Hall–Kier alpha value is -3.42. The van der Waals surface area contributed by atoms with Crippen LogP contribution in [0.3, 0.4) is 0 Å². The molecular formula is C19H14F3N5. The van der Waals surface area contributed by atoms with Gasteiger partial charge in [0.2, 0.25) is 5.95 Å². The van der Waals surface area contributed by atoms with Crippen molar-refractivity contribution < 1.29 is 13.2 Å². The lowest BCUT2D eigenvalue weighted by atomic mass is 10.1. The molecule has 0 aliphatic rings. The van der Waals surface area contributed by atoms with Crippen LogP contribution in [0.25, 0.3) is 22.3 Å². The number of aromatic nitrogens is 4. The Morgan fingerprint density at radius 2 is 1.81 bits per heavy atom. The van der Waals surface area contributed by atoms with Crippen LogP contribution in [0.5, 0.6) is 0 Å². The molecule has 3 aromatic heterocycles. The van der Waals surface area contributed by atoms with Crippen LogP contribution in [0, 0.1) is 0 Å². The summed E-state index contributed by atoms with van der Waals surface area (Å²) < 4.78 is 39.3. The molecule has 0 atom stereocenters. The highest BCUT2D eigenvalue weighted by atomic mass is 19.4. The van der Waals surface area contributed by atoms with Gasteiger partial charge in [-0.15, -0.1) is 0 Å². The van der Waals surface area contributed by atoms with Crippen LogP contribution in [0.4, 0.5) is 19.1 Å². The molecular weight excluding hydrogens is 355 g/mol. The summed E-state index contributed by atoms with van der Waals surface area (Å²) in [5.74, 6) is 0.253. The van der Waals surface area contributed by atoms with Gasteiger partial charge in [0.15, 0.2) is 0 Å². The number of halogens is 3. The van der Waals surface area contributed by atoms with Gasteiger partial charge in [-0.25, -0.2) is 15.0 Å². The molecule has 0 saturated carbocycles. The summed E-state index contributed by atoms with van der Waals surface area (Å²) in [6.07, 6.45) is 0.643. The van der Waals surface area contributed by atoms with Gasteiger partial charge in [-0.2, -0.15) is 13.2 Å². The maximum absolute atomic E-state index is 13.1. The zero-order chi connectivity index (χ0) is 18.9. The van der Waals surface area contributed by atoms with E-state index in [9.17, 15) is 13.2 Å². The van der Waals surface area contributed by atoms with Gasteiger partial charge in [0.05, 0.1) is 11.3 Å².